The van der Waals surface area contributed by atoms with E-state index in [0.29, 0.717) is 17.7 Å². The van der Waals surface area contributed by atoms with E-state index >= 15 is 0 Å². The number of esters is 1. The van der Waals surface area contributed by atoms with Gasteiger partial charge in [-0.1, -0.05) is 12.1 Å². The number of carbonyl (C=O) groups excluding carboxylic acids is 1. The Bertz CT molecular complexity index is 864. The van der Waals surface area contributed by atoms with Crippen molar-refractivity contribution in [2.24, 2.45) is 0 Å². The molecule has 3 rings (SSSR count). The van der Waals surface area contributed by atoms with Gasteiger partial charge in [-0.25, -0.2) is 4.79 Å². The maximum absolute atomic E-state index is 12.1. The SMILES string of the molecule is N#Cc1ccc2cc(C(=O)OCCCc3cn[nH]c3)ccc2c1. The lowest BCUT2D eigenvalue weighted by atomic mass is 10.0. The summed E-state index contributed by atoms with van der Waals surface area (Å²) >= 11 is 0. The number of hydrogen-bond donors (Lipinski definition) is 1. The number of rotatable bonds is 5. The van der Waals surface area contributed by atoms with Crippen molar-refractivity contribution in [1.82, 2.24) is 10.2 Å². The molecule has 0 bridgehead atoms. The minimum atomic E-state index is -0.330. The molecule has 0 aliphatic heterocycles. The molecule has 1 heterocycles. The number of nitrogens with zero attached hydrogens (tertiary/aromatic N) is 2. The van der Waals surface area contributed by atoms with E-state index in [-0.39, 0.29) is 5.97 Å². The summed E-state index contributed by atoms with van der Waals surface area (Å²) < 4.78 is 5.30. The lowest BCUT2D eigenvalue weighted by Gasteiger charge is -2.06. The summed E-state index contributed by atoms with van der Waals surface area (Å²) in [6, 6.07) is 12.8. The molecule has 23 heavy (non-hydrogen) atoms. The molecule has 0 unspecified atom stereocenters. The number of carbonyl (C=O) groups is 1. The summed E-state index contributed by atoms with van der Waals surface area (Å²) in [6.45, 7) is 0.370. The van der Waals surface area contributed by atoms with Crippen LogP contribution in [0.2, 0.25) is 0 Å². The van der Waals surface area contributed by atoms with E-state index in [1.807, 2.05) is 18.3 Å². The predicted octanol–water partition coefficient (Wildman–Crippen LogP) is 3.22. The van der Waals surface area contributed by atoms with Crippen LogP contribution in [0.1, 0.15) is 27.9 Å². The van der Waals surface area contributed by atoms with E-state index in [4.69, 9.17) is 10.00 Å². The molecular weight excluding hydrogens is 290 g/mol. The number of aromatic nitrogens is 2. The average molecular weight is 305 g/mol. The van der Waals surface area contributed by atoms with Crippen molar-refractivity contribution in [3.63, 3.8) is 0 Å². The van der Waals surface area contributed by atoms with E-state index < -0.39 is 0 Å². The Hall–Kier alpha value is -3.13. The fraction of sp³-hybridized carbons (Fsp3) is 0.167. The van der Waals surface area contributed by atoms with Crippen LogP contribution < -0.4 is 0 Å². The Labute approximate surface area is 133 Å². The molecule has 0 atom stereocenters. The third-order valence-corrected chi connectivity index (χ3v) is 3.60. The highest BCUT2D eigenvalue weighted by Gasteiger charge is 2.08. The van der Waals surface area contributed by atoms with Gasteiger partial charge in [-0.2, -0.15) is 10.4 Å². The number of H-pyrrole nitrogens is 1. The summed E-state index contributed by atoms with van der Waals surface area (Å²) in [5.74, 6) is -0.330. The lowest BCUT2D eigenvalue weighted by molar-refractivity contribution is 0.0501. The third kappa shape index (κ3) is 3.55. The molecule has 1 N–H and O–H groups in total. The summed E-state index contributed by atoms with van der Waals surface area (Å²) in [4.78, 5) is 12.1. The molecule has 0 aliphatic carbocycles. The zero-order valence-electron chi connectivity index (χ0n) is 12.5. The van der Waals surface area contributed by atoms with E-state index in [2.05, 4.69) is 16.3 Å². The summed E-state index contributed by atoms with van der Waals surface area (Å²) in [6.07, 6.45) is 5.17. The minimum Gasteiger partial charge on any atom is -0.462 e. The first-order valence-electron chi connectivity index (χ1n) is 7.35. The van der Waals surface area contributed by atoms with Gasteiger partial charge in [0.15, 0.2) is 0 Å². The van der Waals surface area contributed by atoms with Crippen molar-refractivity contribution in [3.05, 3.63) is 65.5 Å². The van der Waals surface area contributed by atoms with Gasteiger partial charge in [-0.15, -0.1) is 0 Å². The number of hydrogen-bond acceptors (Lipinski definition) is 4. The van der Waals surface area contributed by atoms with Gasteiger partial charge in [0.2, 0.25) is 0 Å². The van der Waals surface area contributed by atoms with Crippen molar-refractivity contribution in [1.29, 1.82) is 5.26 Å². The van der Waals surface area contributed by atoms with Gasteiger partial charge >= 0.3 is 5.97 Å². The number of aromatic amines is 1. The van der Waals surface area contributed by atoms with Crippen molar-refractivity contribution < 1.29 is 9.53 Å². The second-order valence-corrected chi connectivity index (χ2v) is 5.23. The van der Waals surface area contributed by atoms with Crippen LogP contribution in [-0.4, -0.2) is 22.8 Å². The first-order valence-corrected chi connectivity index (χ1v) is 7.35. The van der Waals surface area contributed by atoms with Gasteiger partial charge in [0.05, 0.1) is 30.0 Å². The average Bonchev–Trinajstić information content (AvgIpc) is 3.11. The van der Waals surface area contributed by atoms with Crippen molar-refractivity contribution in [2.45, 2.75) is 12.8 Å². The van der Waals surface area contributed by atoms with Gasteiger partial charge in [0, 0.05) is 6.20 Å². The first-order chi connectivity index (χ1) is 11.3. The van der Waals surface area contributed by atoms with Crippen LogP contribution in [0.4, 0.5) is 0 Å². The standard InChI is InChI=1S/C18H15N3O2/c19-10-13-3-4-16-9-17(6-5-15(16)8-13)18(22)23-7-1-2-14-11-20-21-12-14/h3-6,8-9,11-12H,1-2,7H2,(H,20,21). The van der Waals surface area contributed by atoms with Crippen molar-refractivity contribution in [2.75, 3.05) is 6.61 Å². The molecule has 3 aromatic rings. The van der Waals surface area contributed by atoms with Crippen LogP contribution in [0.5, 0.6) is 0 Å². The number of ether oxygens (including phenoxy) is 1. The fourth-order valence-corrected chi connectivity index (χ4v) is 2.38. The Morgan fingerprint density at radius 3 is 2.83 bits per heavy atom. The molecule has 114 valence electrons. The summed E-state index contributed by atoms with van der Waals surface area (Å²) in [7, 11) is 0. The third-order valence-electron chi connectivity index (χ3n) is 3.60. The molecule has 2 aromatic carbocycles. The van der Waals surface area contributed by atoms with Crippen LogP contribution in [0, 0.1) is 11.3 Å². The van der Waals surface area contributed by atoms with E-state index in [1.165, 1.54) is 0 Å². The summed E-state index contributed by atoms with van der Waals surface area (Å²) in [5.41, 5.74) is 2.22. The smallest absolute Gasteiger partial charge is 0.338 e. The Morgan fingerprint density at radius 2 is 2.04 bits per heavy atom. The van der Waals surface area contributed by atoms with Gasteiger partial charge in [-0.3, -0.25) is 5.10 Å². The second kappa shape index (κ2) is 6.75. The molecule has 0 saturated heterocycles. The zero-order valence-corrected chi connectivity index (χ0v) is 12.5. The number of fused-ring (bicyclic) bond motifs is 1. The lowest BCUT2D eigenvalue weighted by Crippen LogP contribution is -2.07. The molecule has 5 nitrogen and oxygen atoms in total. The number of nitriles is 1. The first kappa shape index (κ1) is 14.8. The maximum atomic E-state index is 12.1. The monoisotopic (exact) mass is 305 g/mol. The molecule has 5 heteroatoms. The highest BCUT2D eigenvalue weighted by atomic mass is 16.5. The molecule has 0 amide bonds. The quantitative estimate of drug-likeness (QED) is 0.580. The Balaban J connectivity index is 1.60. The molecule has 0 aliphatic rings. The maximum Gasteiger partial charge on any atom is 0.338 e. The fourth-order valence-electron chi connectivity index (χ4n) is 2.38. The van der Waals surface area contributed by atoms with Crippen molar-refractivity contribution in [3.8, 4) is 6.07 Å². The number of aryl methyl sites for hydroxylation is 1. The minimum absolute atomic E-state index is 0.330. The van der Waals surface area contributed by atoms with Crippen LogP contribution in [0.15, 0.2) is 48.8 Å². The normalized spacial score (nSPS) is 10.4. The number of benzene rings is 2. The molecule has 1 aromatic heterocycles. The topological polar surface area (TPSA) is 78.8 Å². The second-order valence-electron chi connectivity index (χ2n) is 5.23. The van der Waals surface area contributed by atoms with Gasteiger partial charge < -0.3 is 4.74 Å². The number of nitrogens with one attached hydrogen (secondary N) is 1. The highest BCUT2D eigenvalue weighted by Crippen LogP contribution is 2.18. The van der Waals surface area contributed by atoms with E-state index in [0.717, 1.165) is 29.2 Å². The van der Waals surface area contributed by atoms with E-state index in [9.17, 15) is 4.79 Å². The highest BCUT2D eigenvalue weighted by molar-refractivity contribution is 5.95. The van der Waals surface area contributed by atoms with Gasteiger partial charge in [0.25, 0.3) is 0 Å². The largest absolute Gasteiger partial charge is 0.462 e. The Kier molecular flexibility index (Phi) is 4.34. The molecule has 0 radical (unpaired) electrons. The van der Waals surface area contributed by atoms with Crippen LogP contribution in [-0.2, 0) is 11.2 Å². The van der Waals surface area contributed by atoms with E-state index in [1.54, 1.807) is 30.5 Å². The van der Waals surface area contributed by atoms with Crippen molar-refractivity contribution >= 4 is 16.7 Å². The van der Waals surface area contributed by atoms with Crippen LogP contribution in [0.3, 0.4) is 0 Å². The molecular formula is C18H15N3O2. The molecule has 0 fully saturated rings. The van der Waals surface area contributed by atoms with Gasteiger partial charge in [-0.05, 0) is 53.4 Å². The van der Waals surface area contributed by atoms with Crippen LogP contribution >= 0.6 is 0 Å². The van der Waals surface area contributed by atoms with Gasteiger partial charge in [0.1, 0.15) is 0 Å². The molecule has 0 spiro atoms. The molecule has 0 saturated carbocycles. The Morgan fingerprint density at radius 1 is 1.22 bits per heavy atom. The predicted molar refractivity (Wildman–Crippen MR) is 85.9 cm³/mol. The van der Waals surface area contributed by atoms with Crippen LogP contribution in [0.25, 0.3) is 10.8 Å². The zero-order chi connectivity index (χ0) is 16.1. The summed E-state index contributed by atoms with van der Waals surface area (Å²) in [5, 5.41) is 17.4.